The Balaban J connectivity index is 1.63. The molecule has 4 heteroatoms. The SMILES string of the molecule is C=CCC1C=C(C)C(CC2=N[C@]3(CC)[C@H]2[C@@H]2[C@@H](C)OC(=O)[C@]2(O)C[C@@H]3C)=CC1. The number of carbonyl (C=O) groups is 1. The minimum Gasteiger partial charge on any atom is -0.460 e. The molecule has 1 N–H and O–H groups in total. The number of rotatable bonds is 5. The van der Waals surface area contributed by atoms with Crippen molar-refractivity contribution >= 4 is 11.7 Å². The highest BCUT2D eigenvalue weighted by molar-refractivity contribution is 5.98. The summed E-state index contributed by atoms with van der Waals surface area (Å²) in [5.74, 6) is 0.199. The van der Waals surface area contributed by atoms with Gasteiger partial charge in [0.25, 0.3) is 0 Å². The Hall–Kier alpha value is -1.68. The summed E-state index contributed by atoms with van der Waals surface area (Å²) in [7, 11) is 0. The molecule has 4 aliphatic rings. The molecule has 2 aliphatic carbocycles. The molecular formula is C24H33NO3. The third-order valence-electron chi connectivity index (χ3n) is 7.85. The van der Waals surface area contributed by atoms with E-state index in [1.807, 2.05) is 13.0 Å². The minimum absolute atomic E-state index is 0.118. The van der Waals surface area contributed by atoms with E-state index in [1.54, 1.807) is 0 Å². The Morgan fingerprint density at radius 2 is 2.18 bits per heavy atom. The molecule has 1 saturated carbocycles. The number of esters is 1. The predicted molar refractivity (Wildman–Crippen MR) is 111 cm³/mol. The Kier molecular flexibility index (Phi) is 4.69. The van der Waals surface area contributed by atoms with Gasteiger partial charge in [0.2, 0.25) is 0 Å². The van der Waals surface area contributed by atoms with Crippen molar-refractivity contribution in [3.05, 3.63) is 36.0 Å². The van der Waals surface area contributed by atoms with Crippen molar-refractivity contribution in [1.82, 2.24) is 0 Å². The second-order valence-corrected chi connectivity index (χ2v) is 9.37. The standard InChI is InChI=1S/C24H33NO3/c1-6-8-17-9-10-18(14(3)11-17)12-19-21-20-16(5)28-22(26)24(20,27)13-15(4)23(21,7-2)25-19/h6,10-11,15-17,20-21,27H,1,7-9,12-13H2,2-5H3/t15-,16+,17?,20-,21+,23-,24-/m0/s1. The van der Waals surface area contributed by atoms with Gasteiger partial charge in [-0.3, -0.25) is 4.99 Å². The third kappa shape index (κ3) is 2.60. The number of fused-ring (bicyclic) bond motifs is 3. The molecule has 28 heavy (non-hydrogen) atoms. The molecule has 2 aliphatic heterocycles. The zero-order valence-electron chi connectivity index (χ0n) is 17.6. The smallest absolute Gasteiger partial charge is 0.338 e. The van der Waals surface area contributed by atoms with Crippen molar-refractivity contribution in [1.29, 1.82) is 0 Å². The zero-order chi connectivity index (χ0) is 20.3. The Morgan fingerprint density at radius 1 is 1.43 bits per heavy atom. The van der Waals surface area contributed by atoms with Crippen LogP contribution in [0.15, 0.2) is 40.9 Å². The first kappa shape index (κ1) is 19.6. The molecule has 0 aromatic carbocycles. The van der Waals surface area contributed by atoms with Crippen LogP contribution in [0.25, 0.3) is 0 Å². The molecule has 0 bridgehead atoms. The molecule has 1 saturated heterocycles. The number of aliphatic hydroxyl groups is 1. The maximum atomic E-state index is 12.5. The summed E-state index contributed by atoms with van der Waals surface area (Å²) >= 11 is 0. The van der Waals surface area contributed by atoms with Crippen molar-refractivity contribution in [3.8, 4) is 0 Å². The van der Waals surface area contributed by atoms with E-state index in [-0.39, 0.29) is 29.4 Å². The lowest BCUT2D eigenvalue weighted by Gasteiger charge is -2.59. The van der Waals surface area contributed by atoms with Crippen LogP contribution in [0, 0.1) is 23.7 Å². The monoisotopic (exact) mass is 383 g/mol. The van der Waals surface area contributed by atoms with E-state index in [9.17, 15) is 9.90 Å². The van der Waals surface area contributed by atoms with Crippen LogP contribution >= 0.6 is 0 Å². The molecule has 152 valence electrons. The first-order valence-electron chi connectivity index (χ1n) is 10.8. The highest BCUT2D eigenvalue weighted by Gasteiger charge is 2.70. The quantitative estimate of drug-likeness (QED) is 0.565. The van der Waals surface area contributed by atoms with Crippen molar-refractivity contribution in [3.63, 3.8) is 0 Å². The van der Waals surface area contributed by atoms with Gasteiger partial charge in [0.15, 0.2) is 5.60 Å². The number of carbonyl (C=O) groups excluding carboxylic acids is 1. The lowest BCUT2D eigenvalue weighted by atomic mass is 9.50. The molecule has 0 aromatic heterocycles. The summed E-state index contributed by atoms with van der Waals surface area (Å²) in [5.41, 5.74) is 2.28. The summed E-state index contributed by atoms with van der Waals surface area (Å²) in [6.45, 7) is 12.3. The van der Waals surface area contributed by atoms with E-state index in [2.05, 4.69) is 39.5 Å². The summed E-state index contributed by atoms with van der Waals surface area (Å²) in [4.78, 5) is 17.6. The topological polar surface area (TPSA) is 58.9 Å². The van der Waals surface area contributed by atoms with Crippen LogP contribution in [0.5, 0.6) is 0 Å². The van der Waals surface area contributed by atoms with Crippen molar-refractivity contribution in [2.24, 2.45) is 28.7 Å². The molecule has 0 radical (unpaired) electrons. The van der Waals surface area contributed by atoms with Gasteiger partial charge >= 0.3 is 5.97 Å². The molecule has 2 fully saturated rings. The third-order valence-corrected chi connectivity index (χ3v) is 7.85. The molecule has 7 atom stereocenters. The van der Waals surface area contributed by atoms with E-state index < -0.39 is 11.6 Å². The number of hydrogen-bond donors (Lipinski definition) is 1. The maximum Gasteiger partial charge on any atom is 0.338 e. The fourth-order valence-corrected chi connectivity index (χ4v) is 6.41. The zero-order valence-corrected chi connectivity index (χ0v) is 17.6. The van der Waals surface area contributed by atoms with Gasteiger partial charge < -0.3 is 9.84 Å². The fourth-order valence-electron chi connectivity index (χ4n) is 6.41. The first-order valence-corrected chi connectivity index (χ1v) is 10.8. The van der Waals surface area contributed by atoms with Gasteiger partial charge in [-0.2, -0.15) is 0 Å². The number of ether oxygens (including phenoxy) is 1. The van der Waals surface area contributed by atoms with Crippen molar-refractivity contribution in [2.75, 3.05) is 0 Å². The summed E-state index contributed by atoms with van der Waals surface area (Å²) < 4.78 is 5.52. The largest absolute Gasteiger partial charge is 0.460 e. The van der Waals surface area contributed by atoms with Gasteiger partial charge in [-0.15, -0.1) is 6.58 Å². The second-order valence-electron chi connectivity index (χ2n) is 9.37. The molecule has 4 rings (SSSR count). The van der Waals surface area contributed by atoms with Crippen LogP contribution in [-0.4, -0.2) is 34.0 Å². The number of allylic oxidation sites excluding steroid dienone is 5. The van der Waals surface area contributed by atoms with Crippen molar-refractivity contribution in [2.45, 2.75) is 77.0 Å². The lowest BCUT2D eigenvalue weighted by Crippen LogP contribution is -2.67. The average Bonchev–Trinajstić information content (AvgIpc) is 2.83. The van der Waals surface area contributed by atoms with Crippen LogP contribution in [0.1, 0.15) is 59.8 Å². The van der Waals surface area contributed by atoms with Crippen LogP contribution < -0.4 is 0 Å². The van der Waals surface area contributed by atoms with Gasteiger partial charge in [-0.1, -0.05) is 37.6 Å². The van der Waals surface area contributed by atoms with E-state index in [4.69, 9.17) is 9.73 Å². The van der Waals surface area contributed by atoms with E-state index in [0.29, 0.717) is 12.3 Å². The molecular weight excluding hydrogens is 350 g/mol. The van der Waals surface area contributed by atoms with Gasteiger partial charge in [0.1, 0.15) is 6.10 Å². The number of nitrogens with zero attached hydrogens (tertiary/aromatic N) is 1. The fraction of sp³-hybridized carbons (Fsp3) is 0.667. The molecule has 0 spiro atoms. The first-order chi connectivity index (χ1) is 13.3. The van der Waals surface area contributed by atoms with Gasteiger partial charge in [0.05, 0.1) is 5.54 Å². The Morgan fingerprint density at radius 3 is 2.82 bits per heavy atom. The van der Waals surface area contributed by atoms with Gasteiger partial charge in [-0.05, 0) is 56.9 Å². The second kappa shape index (κ2) is 6.69. The van der Waals surface area contributed by atoms with Crippen LogP contribution in [0.2, 0.25) is 0 Å². The molecule has 1 unspecified atom stereocenters. The van der Waals surface area contributed by atoms with E-state index in [1.165, 1.54) is 11.1 Å². The lowest BCUT2D eigenvalue weighted by molar-refractivity contribution is -0.162. The number of cyclic esters (lactones) is 1. The van der Waals surface area contributed by atoms with Gasteiger partial charge in [0, 0.05) is 24.0 Å². The van der Waals surface area contributed by atoms with Crippen LogP contribution in [0.3, 0.4) is 0 Å². The Bertz CT molecular complexity index is 794. The summed E-state index contributed by atoms with van der Waals surface area (Å²) in [6, 6.07) is 0. The molecule has 0 amide bonds. The highest BCUT2D eigenvalue weighted by atomic mass is 16.6. The number of aliphatic imine (C=N–C) groups is 1. The highest BCUT2D eigenvalue weighted by Crippen LogP contribution is 2.60. The molecule has 0 aromatic rings. The summed E-state index contributed by atoms with van der Waals surface area (Å²) in [6.07, 6.45) is 10.7. The molecule has 2 heterocycles. The maximum absolute atomic E-state index is 12.5. The predicted octanol–water partition coefficient (Wildman–Crippen LogP) is 4.40. The molecule has 4 nitrogen and oxygen atoms in total. The normalized spacial score (nSPS) is 44.4. The van der Waals surface area contributed by atoms with Gasteiger partial charge in [-0.25, -0.2) is 4.79 Å². The van der Waals surface area contributed by atoms with Crippen LogP contribution in [0.4, 0.5) is 0 Å². The average molecular weight is 384 g/mol. The van der Waals surface area contributed by atoms with E-state index in [0.717, 1.165) is 31.4 Å². The Labute approximate surface area is 168 Å². The minimum atomic E-state index is -1.36. The number of hydrogen-bond acceptors (Lipinski definition) is 4. The van der Waals surface area contributed by atoms with E-state index >= 15 is 0 Å². The van der Waals surface area contributed by atoms with Crippen molar-refractivity contribution < 1.29 is 14.6 Å². The van der Waals surface area contributed by atoms with Crippen LogP contribution in [-0.2, 0) is 9.53 Å². The summed E-state index contributed by atoms with van der Waals surface area (Å²) in [5, 5.41) is 11.3.